The zero-order valence-corrected chi connectivity index (χ0v) is 15.6. The monoisotopic (exact) mass is 376 g/mol. The number of para-hydroxylation sites is 1. The molecule has 1 aliphatic heterocycles. The summed E-state index contributed by atoms with van der Waals surface area (Å²) in [5.41, 5.74) is 2.88. The molecule has 0 spiro atoms. The van der Waals surface area contributed by atoms with E-state index in [2.05, 4.69) is 17.1 Å². The molecule has 26 heavy (non-hydrogen) atoms. The minimum atomic E-state index is -0.0362. The molecular weight excluding hydrogens is 360 g/mol. The van der Waals surface area contributed by atoms with Crippen LogP contribution in [0.15, 0.2) is 71.6 Å². The fourth-order valence-electron chi connectivity index (χ4n) is 2.87. The highest BCUT2D eigenvalue weighted by Crippen LogP contribution is 2.32. The van der Waals surface area contributed by atoms with Crippen LogP contribution in [0, 0.1) is 0 Å². The molecular formula is C21H16N2OS2. The van der Waals surface area contributed by atoms with E-state index < -0.39 is 0 Å². The second-order valence-electron chi connectivity index (χ2n) is 6.00. The van der Waals surface area contributed by atoms with Crippen molar-refractivity contribution in [1.82, 2.24) is 9.88 Å². The van der Waals surface area contributed by atoms with Crippen LogP contribution in [0.25, 0.3) is 17.0 Å². The standard InChI is InChI=1S/C21H16N2OS2/c24-20-19(14-17-11-10-16-8-4-5-9-18(16)22-17)26-21(25)23(20)13-12-15-6-2-1-3-7-15/h1-11,14H,12-13H2/b19-14+. The minimum absolute atomic E-state index is 0.0362. The van der Waals surface area contributed by atoms with E-state index in [-0.39, 0.29) is 5.91 Å². The molecule has 3 aromatic rings. The molecule has 0 unspecified atom stereocenters. The van der Waals surface area contributed by atoms with Crippen molar-refractivity contribution in [3.8, 4) is 0 Å². The number of hydrogen-bond acceptors (Lipinski definition) is 4. The molecule has 0 saturated carbocycles. The van der Waals surface area contributed by atoms with E-state index in [0.29, 0.717) is 15.8 Å². The predicted octanol–water partition coefficient (Wildman–Crippen LogP) is 4.68. The number of thioether (sulfide) groups is 1. The summed E-state index contributed by atoms with van der Waals surface area (Å²) in [6.45, 7) is 0.594. The van der Waals surface area contributed by atoms with Crippen molar-refractivity contribution in [2.75, 3.05) is 6.54 Å². The molecule has 0 atom stereocenters. The Morgan fingerprint density at radius 2 is 1.77 bits per heavy atom. The van der Waals surface area contributed by atoms with Crippen molar-refractivity contribution in [1.29, 1.82) is 0 Å². The Balaban J connectivity index is 1.52. The van der Waals surface area contributed by atoms with Crippen molar-refractivity contribution in [2.45, 2.75) is 6.42 Å². The second kappa shape index (κ2) is 7.40. The van der Waals surface area contributed by atoms with Gasteiger partial charge in [0.2, 0.25) is 0 Å². The maximum Gasteiger partial charge on any atom is 0.266 e. The highest BCUT2D eigenvalue weighted by molar-refractivity contribution is 8.26. The van der Waals surface area contributed by atoms with Crippen LogP contribution >= 0.6 is 24.0 Å². The summed E-state index contributed by atoms with van der Waals surface area (Å²) in [6, 6.07) is 22.0. The van der Waals surface area contributed by atoms with E-state index in [0.717, 1.165) is 23.0 Å². The number of amides is 1. The zero-order chi connectivity index (χ0) is 17.9. The van der Waals surface area contributed by atoms with Gasteiger partial charge in [-0.3, -0.25) is 9.69 Å². The number of pyridine rings is 1. The molecule has 0 aliphatic carbocycles. The fourth-order valence-corrected chi connectivity index (χ4v) is 4.17. The lowest BCUT2D eigenvalue weighted by Gasteiger charge is -2.14. The number of thiocarbonyl (C=S) groups is 1. The van der Waals surface area contributed by atoms with E-state index in [1.54, 1.807) is 4.90 Å². The Labute approximate surface area is 161 Å². The number of benzene rings is 2. The Hall–Kier alpha value is -2.50. The number of hydrogen-bond donors (Lipinski definition) is 0. The van der Waals surface area contributed by atoms with E-state index in [1.807, 2.05) is 60.7 Å². The fraction of sp³-hybridized carbons (Fsp3) is 0.0952. The third-order valence-corrected chi connectivity index (χ3v) is 5.62. The maximum absolute atomic E-state index is 12.7. The van der Waals surface area contributed by atoms with Gasteiger partial charge in [0.1, 0.15) is 4.32 Å². The van der Waals surface area contributed by atoms with Gasteiger partial charge >= 0.3 is 0 Å². The van der Waals surface area contributed by atoms with Crippen molar-refractivity contribution < 1.29 is 4.79 Å². The van der Waals surface area contributed by atoms with Crippen LogP contribution in [-0.4, -0.2) is 26.7 Å². The molecule has 1 saturated heterocycles. The summed E-state index contributed by atoms with van der Waals surface area (Å²) in [5, 5.41) is 1.08. The van der Waals surface area contributed by atoms with Gasteiger partial charge in [-0.2, -0.15) is 0 Å². The topological polar surface area (TPSA) is 33.2 Å². The Kier molecular flexibility index (Phi) is 4.82. The quantitative estimate of drug-likeness (QED) is 0.489. The first-order chi connectivity index (χ1) is 12.7. The molecule has 1 fully saturated rings. The highest BCUT2D eigenvalue weighted by Gasteiger charge is 2.31. The van der Waals surface area contributed by atoms with Gasteiger partial charge in [-0.1, -0.05) is 78.6 Å². The summed E-state index contributed by atoms with van der Waals surface area (Å²) >= 11 is 6.76. The lowest BCUT2D eigenvalue weighted by atomic mass is 10.1. The molecule has 4 rings (SSSR count). The van der Waals surface area contributed by atoms with Crippen LogP contribution in [-0.2, 0) is 11.2 Å². The van der Waals surface area contributed by atoms with Crippen LogP contribution in [0.5, 0.6) is 0 Å². The molecule has 3 nitrogen and oxygen atoms in total. The van der Waals surface area contributed by atoms with E-state index in [9.17, 15) is 4.79 Å². The number of aromatic nitrogens is 1. The van der Waals surface area contributed by atoms with Gasteiger partial charge in [-0.25, -0.2) is 4.98 Å². The minimum Gasteiger partial charge on any atom is -0.293 e. The van der Waals surface area contributed by atoms with Gasteiger partial charge in [0, 0.05) is 11.9 Å². The van der Waals surface area contributed by atoms with Gasteiger partial charge in [0.05, 0.1) is 16.1 Å². The summed E-state index contributed by atoms with van der Waals surface area (Å²) in [6.07, 6.45) is 2.61. The largest absolute Gasteiger partial charge is 0.293 e. The van der Waals surface area contributed by atoms with E-state index >= 15 is 0 Å². The molecule has 0 N–H and O–H groups in total. The van der Waals surface area contributed by atoms with Gasteiger partial charge in [0.15, 0.2) is 0 Å². The molecule has 0 bridgehead atoms. The first kappa shape index (κ1) is 16.9. The van der Waals surface area contributed by atoms with Gasteiger partial charge in [-0.05, 0) is 30.2 Å². The number of nitrogens with zero attached hydrogens (tertiary/aromatic N) is 2. The Morgan fingerprint density at radius 1 is 1.00 bits per heavy atom. The SMILES string of the molecule is O=C1/C(=C\c2ccc3ccccc3n2)SC(=S)N1CCc1ccccc1. The first-order valence-corrected chi connectivity index (χ1v) is 9.58. The molecule has 1 aromatic heterocycles. The molecule has 128 valence electrons. The van der Waals surface area contributed by atoms with Crippen LogP contribution in [0.3, 0.4) is 0 Å². The summed E-state index contributed by atoms with van der Waals surface area (Å²) in [4.78, 5) is 19.7. The first-order valence-electron chi connectivity index (χ1n) is 8.36. The Bertz CT molecular complexity index is 1010. The van der Waals surface area contributed by atoms with E-state index in [1.165, 1.54) is 17.3 Å². The van der Waals surface area contributed by atoms with Crippen LogP contribution in [0.2, 0.25) is 0 Å². The molecule has 5 heteroatoms. The lowest BCUT2D eigenvalue weighted by molar-refractivity contribution is -0.122. The number of rotatable bonds is 4. The molecule has 2 aromatic carbocycles. The van der Waals surface area contributed by atoms with Crippen LogP contribution in [0.1, 0.15) is 11.3 Å². The van der Waals surface area contributed by atoms with Crippen molar-refractivity contribution in [3.63, 3.8) is 0 Å². The van der Waals surface area contributed by atoms with E-state index in [4.69, 9.17) is 12.2 Å². The van der Waals surface area contributed by atoms with Crippen molar-refractivity contribution >= 4 is 51.2 Å². The van der Waals surface area contributed by atoms with Gasteiger partial charge < -0.3 is 0 Å². The molecule has 1 aliphatic rings. The highest BCUT2D eigenvalue weighted by atomic mass is 32.2. The number of carbonyl (C=O) groups is 1. The molecule has 0 radical (unpaired) electrons. The average molecular weight is 377 g/mol. The molecule has 2 heterocycles. The van der Waals surface area contributed by atoms with Crippen LogP contribution < -0.4 is 0 Å². The average Bonchev–Trinajstić information content (AvgIpc) is 2.94. The number of carbonyl (C=O) groups excluding carboxylic acids is 1. The number of fused-ring (bicyclic) bond motifs is 1. The second-order valence-corrected chi connectivity index (χ2v) is 7.67. The summed E-state index contributed by atoms with van der Waals surface area (Å²) < 4.78 is 0.609. The van der Waals surface area contributed by atoms with Crippen LogP contribution in [0.4, 0.5) is 0 Å². The van der Waals surface area contributed by atoms with Crippen molar-refractivity contribution in [3.05, 3.63) is 82.9 Å². The molecule has 1 amide bonds. The van der Waals surface area contributed by atoms with Gasteiger partial charge in [0.25, 0.3) is 5.91 Å². The summed E-state index contributed by atoms with van der Waals surface area (Å²) in [5.74, 6) is -0.0362. The predicted molar refractivity (Wildman–Crippen MR) is 112 cm³/mol. The Morgan fingerprint density at radius 3 is 2.62 bits per heavy atom. The normalized spacial score (nSPS) is 16.0. The lowest BCUT2D eigenvalue weighted by Crippen LogP contribution is -2.30. The zero-order valence-electron chi connectivity index (χ0n) is 14.0. The smallest absolute Gasteiger partial charge is 0.266 e. The maximum atomic E-state index is 12.7. The van der Waals surface area contributed by atoms with Crippen molar-refractivity contribution in [2.24, 2.45) is 0 Å². The van der Waals surface area contributed by atoms with Gasteiger partial charge in [-0.15, -0.1) is 0 Å². The third-order valence-electron chi connectivity index (χ3n) is 4.24. The third kappa shape index (κ3) is 3.54. The summed E-state index contributed by atoms with van der Waals surface area (Å²) in [7, 11) is 0.